The summed E-state index contributed by atoms with van der Waals surface area (Å²) in [6.45, 7) is 1.74. The number of carbonyl (C=O) groups is 1. The van der Waals surface area contributed by atoms with E-state index >= 15 is 0 Å². The summed E-state index contributed by atoms with van der Waals surface area (Å²) in [6, 6.07) is 9.89. The zero-order valence-electron chi connectivity index (χ0n) is 15.2. The van der Waals surface area contributed by atoms with Gasteiger partial charge in [-0.3, -0.25) is 4.79 Å². The summed E-state index contributed by atoms with van der Waals surface area (Å²) in [5.41, 5.74) is 1.12. The van der Waals surface area contributed by atoms with Crippen molar-refractivity contribution in [2.75, 3.05) is 19.8 Å². The van der Waals surface area contributed by atoms with Gasteiger partial charge >= 0.3 is 0 Å². The van der Waals surface area contributed by atoms with Gasteiger partial charge in [0.1, 0.15) is 24.1 Å². The first-order chi connectivity index (χ1) is 12.6. The highest BCUT2D eigenvalue weighted by atomic mass is 35.5. The van der Waals surface area contributed by atoms with Crippen LogP contribution in [0.15, 0.2) is 30.3 Å². The lowest BCUT2D eigenvalue weighted by atomic mass is 9.95. The molecule has 3 heterocycles. The van der Waals surface area contributed by atoms with Crippen LogP contribution >= 0.6 is 12.4 Å². The molecular formula is C20H32ClNO6. The largest absolute Gasteiger partial charge is 0.387 e. The van der Waals surface area contributed by atoms with Gasteiger partial charge in [-0.2, -0.15) is 0 Å². The Kier molecular flexibility index (Phi) is 11.1. The number of fused-ring (bicyclic) bond motifs is 6. The fraction of sp³-hybridized carbons (Fsp3) is 0.650. The summed E-state index contributed by atoms with van der Waals surface area (Å²) in [7, 11) is 0. The molecule has 0 spiro atoms. The molecule has 3 aliphatic rings. The Hall–Kier alpha value is -1.06. The fourth-order valence-corrected chi connectivity index (χ4v) is 3.29. The Morgan fingerprint density at radius 3 is 2.57 bits per heavy atom. The minimum atomic E-state index is -1.14. The van der Waals surface area contributed by atoms with Crippen LogP contribution in [-0.2, 0) is 25.5 Å². The molecule has 5 unspecified atom stereocenters. The number of halogens is 1. The van der Waals surface area contributed by atoms with Crippen LogP contribution in [0.1, 0.15) is 32.3 Å². The average molecular weight is 418 g/mol. The SMILES string of the molecule is C.Cl.O=C(CCC1OC2OCCCOC1C(O)C2O)CNCc1ccccc1. The lowest BCUT2D eigenvalue weighted by Crippen LogP contribution is -2.58. The zero-order valence-corrected chi connectivity index (χ0v) is 16.0. The van der Waals surface area contributed by atoms with Crippen molar-refractivity contribution in [2.45, 2.75) is 63.9 Å². The van der Waals surface area contributed by atoms with Gasteiger partial charge in [0.15, 0.2) is 6.29 Å². The van der Waals surface area contributed by atoms with Gasteiger partial charge < -0.3 is 29.7 Å². The van der Waals surface area contributed by atoms with Crippen LogP contribution in [0, 0.1) is 0 Å². The van der Waals surface area contributed by atoms with Crippen LogP contribution in [0.4, 0.5) is 0 Å². The van der Waals surface area contributed by atoms with E-state index in [4.69, 9.17) is 14.2 Å². The van der Waals surface area contributed by atoms with Crippen molar-refractivity contribution in [1.29, 1.82) is 0 Å². The van der Waals surface area contributed by atoms with Crippen molar-refractivity contribution in [1.82, 2.24) is 5.32 Å². The number of aliphatic hydroxyl groups is 2. The van der Waals surface area contributed by atoms with Crippen LogP contribution in [0.5, 0.6) is 0 Å². The van der Waals surface area contributed by atoms with Gasteiger partial charge in [-0.1, -0.05) is 37.8 Å². The lowest BCUT2D eigenvalue weighted by molar-refractivity contribution is -0.295. The monoisotopic (exact) mass is 417 g/mol. The second kappa shape index (κ2) is 12.5. The summed E-state index contributed by atoms with van der Waals surface area (Å²) >= 11 is 0. The summed E-state index contributed by atoms with van der Waals surface area (Å²) in [6.07, 6.45) is -2.82. The van der Waals surface area contributed by atoms with E-state index in [-0.39, 0.29) is 32.2 Å². The molecule has 28 heavy (non-hydrogen) atoms. The minimum absolute atomic E-state index is 0. The average Bonchev–Trinajstić information content (AvgIpc) is 2.79. The standard InChI is InChI=1S/C19H27NO6.CH4.ClH/c21-14(12-20-11-13-5-2-1-3-6-13)7-8-15-18-16(22)17(23)19(26-15)25-10-4-9-24-18;;/h1-3,5-6,15-20,22-23H,4,7-12H2;1H4;1H. The Labute approximate surface area is 172 Å². The van der Waals surface area contributed by atoms with Gasteiger partial charge in [-0.15, -0.1) is 12.4 Å². The third kappa shape index (κ3) is 6.77. The van der Waals surface area contributed by atoms with E-state index < -0.39 is 30.7 Å². The van der Waals surface area contributed by atoms with Crippen molar-refractivity contribution in [3.63, 3.8) is 0 Å². The molecule has 5 atom stereocenters. The van der Waals surface area contributed by atoms with Gasteiger partial charge in [0.2, 0.25) is 0 Å². The maximum Gasteiger partial charge on any atom is 0.186 e. The highest BCUT2D eigenvalue weighted by Gasteiger charge is 2.46. The molecule has 3 fully saturated rings. The predicted octanol–water partition coefficient (Wildman–Crippen LogP) is 1.44. The van der Waals surface area contributed by atoms with Crippen molar-refractivity contribution >= 4 is 18.2 Å². The third-order valence-electron chi connectivity index (χ3n) is 4.72. The van der Waals surface area contributed by atoms with Gasteiger partial charge in [-0.25, -0.2) is 0 Å². The van der Waals surface area contributed by atoms with Gasteiger partial charge in [0.25, 0.3) is 0 Å². The van der Waals surface area contributed by atoms with E-state index in [1.165, 1.54) is 0 Å². The molecule has 0 aromatic heterocycles. The number of benzene rings is 1. The van der Waals surface area contributed by atoms with Crippen LogP contribution in [0.2, 0.25) is 0 Å². The number of carbonyl (C=O) groups excluding carboxylic acids is 1. The smallest absolute Gasteiger partial charge is 0.186 e. The van der Waals surface area contributed by atoms with E-state index in [1.54, 1.807) is 0 Å². The van der Waals surface area contributed by atoms with Crippen molar-refractivity contribution in [2.24, 2.45) is 0 Å². The normalized spacial score (nSPS) is 29.6. The quantitative estimate of drug-likeness (QED) is 0.617. The molecule has 0 saturated carbocycles. The number of ether oxygens (including phenoxy) is 3. The highest BCUT2D eigenvalue weighted by molar-refractivity contribution is 5.85. The Bertz CT molecular complexity index is 573. The summed E-state index contributed by atoms with van der Waals surface area (Å²) in [4.78, 5) is 12.1. The van der Waals surface area contributed by atoms with Gasteiger partial charge in [-0.05, 0) is 18.4 Å². The molecule has 8 heteroatoms. The van der Waals surface area contributed by atoms with Crippen LogP contribution in [0.25, 0.3) is 0 Å². The Morgan fingerprint density at radius 1 is 1.11 bits per heavy atom. The number of nitrogens with one attached hydrogen (secondary N) is 1. The topological polar surface area (TPSA) is 97.3 Å². The second-order valence-corrected chi connectivity index (χ2v) is 6.75. The molecule has 0 radical (unpaired) electrons. The summed E-state index contributed by atoms with van der Waals surface area (Å²) < 4.78 is 16.9. The molecule has 1 aromatic rings. The summed E-state index contributed by atoms with van der Waals surface area (Å²) in [5, 5.41) is 23.5. The molecule has 0 aliphatic carbocycles. The molecule has 0 amide bonds. The molecule has 4 rings (SSSR count). The fourth-order valence-electron chi connectivity index (χ4n) is 3.29. The maximum atomic E-state index is 12.1. The number of ketones is 1. The van der Waals surface area contributed by atoms with Crippen LogP contribution < -0.4 is 5.32 Å². The molecule has 160 valence electrons. The maximum absolute atomic E-state index is 12.1. The predicted molar refractivity (Wildman–Crippen MR) is 107 cm³/mol. The molecular weight excluding hydrogens is 386 g/mol. The van der Waals surface area contributed by atoms with Gasteiger partial charge in [0.05, 0.1) is 19.3 Å². The van der Waals surface area contributed by atoms with Crippen LogP contribution in [-0.4, -0.2) is 66.5 Å². The van der Waals surface area contributed by atoms with Crippen molar-refractivity contribution in [3.8, 4) is 0 Å². The van der Waals surface area contributed by atoms with Crippen molar-refractivity contribution < 1.29 is 29.2 Å². The Morgan fingerprint density at radius 2 is 1.82 bits per heavy atom. The van der Waals surface area contributed by atoms with E-state index in [0.717, 1.165) is 5.56 Å². The molecule has 3 saturated heterocycles. The van der Waals surface area contributed by atoms with Gasteiger partial charge in [0, 0.05) is 19.6 Å². The van der Waals surface area contributed by atoms with Crippen LogP contribution in [0.3, 0.4) is 0 Å². The number of hydrogen-bond acceptors (Lipinski definition) is 7. The highest BCUT2D eigenvalue weighted by Crippen LogP contribution is 2.28. The number of Topliss-reactive ketones (excluding diaryl/α,β-unsaturated/α-hetero) is 1. The number of hydrogen-bond donors (Lipinski definition) is 3. The van der Waals surface area contributed by atoms with E-state index in [9.17, 15) is 15.0 Å². The van der Waals surface area contributed by atoms with E-state index in [0.29, 0.717) is 39.0 Å². The van der Waals surface area contributed by atoms with E-state index in [2.05, 4.69) is 5.32 Å². The van der Waals surface area contributed by atoms with E-state index in [1.807, 2.05) is 30.3 Å². The second-order valence-electron chi connectivity index (χ2n) is 6.75. The first kappa shape index (κ1) is 25.0. The van der Waals surface area contributed by atoms with Crippen molar-refractivity contribution in [3.05, 3.63) is 35.9 Å². The number of aliphatic hydroxyl groups excluding tert-OH is 2. The first-order valence-electron chi connectivity index (χ1n) is 9.16. The molecule has 2 bridgehead atoms. The molecule has 7 nitrogen and oxygen atoms in total. The first-order valence-corrected chi connectivity index (χ1v) is 9.16. The zero-order chi connectivity index (χ0) is 18.4. The third-order valence-corrected chi connectivity index (χ3v) is 4.72. The molecule has 3 aliphatic heterocycles. The lowest BCUT2D eigenvalue weighted by Gasteiger charge is -2.41. The minimum Gasteiger partial charge on any atom is -0.387 e. The Balaban J connectivity index is 0.00000196. The number of rotatable bonds is 7. The molecule has 3 N–H and O–H groups in total. The summed E-state index contributed by atoms with van der Waals surface area (Å²) in [5.74, 6) is 0.0660. The molecule has 1 aromatic carbocycles.